The van der Waals surface area contributed by atoms with E-state index in [1.54, 1.807) is 0 Å². The minimum absolute atomic E-state index is 0.660. The second kappa shape index (κ2) is 9.91. The Morgan fingerprint density at radius 2 is 1.50 bits per heavy atom. The molecule has 0 radical (unpaired) electrons. The van der Waals surface area contributed by atoms with Crippen LogP contribution < -0.4 is 9.64 Å². The summed E-state index contributed by atoms with van der Waals surface area (Å²) in [6, 6.07) is 35.9. The number of hydrogen-bond donors (Lipinski definition) is 0. The largest absolute Gasteiger partial charge is 0.472 e. The Bertz CT molecular complexity index is 1830. The lowest BCUT2D eigenvalue weighted by Crippen LogP contribution is -2.34. The quantitative estimate of drug-likeness (QED) is 0.222. The van der Waals surface area contributed by atoms with Gasteiger partial charge in [0.25, 0.3) is 0 Å². The van der Waals surface area contributed by atoms with E-state index >= 15 is 0 Å². The van der Waals surface area contributed by atoms with Gasteiger partial charge in [-0.3, -0.25) is 0 Å². The Morgan fingerprint density at radius 1 is 0.738 bits per heavy atom. The van der Waals surface area contributed by atoms with Gasteiger partial charge in [0, 0.05) is 41.9 Å². The van der Waals surface area contributed by atoms with Crippen molar-refractivity contribution in [1.29, 1.82) is 0 Å². The number of nitrogens with zero attached hydrogens (tertiary/aromatic N) is 1. The Kier molecular flexibility index (Phi) is 6.00. The van der Waals surface area contributed by atoms with E-state index in [2.05, 4.69) is 128 Å². The average molecular weight is 548 g/mol. The van der Waals surface area contributed by atoms with Gasteiger partial charge in [0.05, 0.1) is 0 Å². The Hall–Kier alpha value is -4.30. The van der Waals surface area contributed by atoms with Crippen molar-refractivity contribution >= 4 is 22.5 Å². The second-order valence-electron chi connectivity index (χ2n) is 12.5. The SMILES string of the molecule is CN(C)c1ccc(C2(c3ccccc3)C=Cc3c4c(c5ccc(C6CCC6)cc5c3O2)-c2ccccc2CCC4)cc1. The summed E-state index contributed by atoms with van der Waals surface area (Å²) in [5.74, 6) is 1.69. The zero-order valence-corrected chi connectivity index (χ0v) is 24.6. The number of rotatable bonds is 4. The molecule has 1 fully saturated rings. The normalized spacial score (nSPS) is 19.2. The summed E-state index contributed by atoms with van der Waals surface area (Å²) in [5, 5.41) is 2.57. The van der Waals surface area contributed by atoms with Gasteiger partial charge in [0.15, 0.2) is 5.60 Å². The van der Waals surface area contributed by atoms with E-state index in [0.717, 1.165) is 36.1 Å². The van der Waals surface area contributed by atoms with E-state index in [0.29, 0.717) is 5.92 Å². The van der Waals surface area contributed by atoms with Gasteiger partial charge in [0.1, 0.15) is 5.75 Å². The van der Waals surface area contributed by atoms with Crippen LogP contribution in [0.15, 0.2) is 103 Å². The van der Waals surface area contributed by atoms with Gasteiger partial charge in [-0.05, 0) is 95.5 Å². The van der Waals surface area contributed by atoms with Crippen LogP contribution in [0, 0.1) is 0 Å². The molecule has 1 atom stereocenters. The summed E-state index contributed by atoms with van der Waals surface area (Å²) >= 11 is 0. The molecule has 1 unspecified atom stereocenters. The maximum atomic E-state index is 7.49. The molecule has 208 valence electrons. The Balaban J connectivity index is 1.41. The minimum atomic E-state index is -0.713. The summed E-state index contributed by atoms with van der Waals surface area (Å²) in [4.78, 5) is 2.15. The lowest BCUT2D eigenvalue weighted by Gasteiger charge is -2.38. The predicted molar refractivity (Wildman–Crippen MR) is 176 cm³/mol. The molecule has 0 spiro atoms. The highest BCUT2D eigenvalue weighted by Crippen LogP contribution is 2.52. The van der Waals surface area contributed by atoms with Crippen molar-refractivity contribution in [3.05, 3.63) is 137 Å². The van der Waals surface area contributed by atoms with Crippen LogP contribution in [0.25, 0.3) is 28.0 Å². The summed E-state index contributed by atoms with van der Waals surface area (Å²) in [6.45, 7) is 0. The maximum absolute atomic E-state index is 7.49. The lowest BCUT2D eigenvalue weighted by atomic mass is 9.77. The smallest absolute Gasteiger partial charge is 0.178 e. The van der Waals surface area contributed by atoms with E-state index in [4.69, 9.17) is 4.74 Å². The van der Waals surface area contributed by atoms with Crippen LogP contribution in [0.4, 0.5) is 5.69 Å². The molecule has 0 amide bonds. The molecule has 2 heteroatoms. The molecule has 0 N–H and O–H groups in total. The number of ether oxygens (including phenoxy) is 1. The average Bonchev–Trinajstić information content (AvgIpc) is 3.20. The fourth-order valence-electron chi connectivity index (χ4n) is 7.40. The second-order valence-corrected chi connectivity index (χ2v) is 12.5. The van der Waals surface area contributed by atoms with Crippen molar-refractivity contribution in [2.45, 2.75) is 50.0 Å². The highest BCUT2D eigenvalue weighted by atomic mass is 16.5. The topological polar surface area (TPSA) is 12.5 Å². The zero-order chi connectivity index (χ0) is 28.3. The highest BCUT2D eigenvalue weighted by Gasteiger charge is 2.39. The van der Waals surface area contributed by atoms with Crippen molar-refractivity contribution in [3.63, 3.8) is 0 Å². The van der Waals surface area contributed by atoms with Gasteiger partial charge in [0.2, 0.25) is 0 Å². The molecular formula is C40H37NO. The third-order valence-electron chi connectivity index (χ3n) is 9.93. The molecule has 1 heterocycles. The molecule has 2 nitrogen and oxygen atoms in total. The van der Waals surface area contributed by atoms with Gasteiger partial charge in [-0.25, -0.2) is 0 Å². The molecule has 2 aliphatic carbocycles. The molecule has 1 saturated carbocycles. The van der Waals surface area contributed by atoms with E-state index < -0.39 is 5.60 Å². The molecule has 1 aliphatic heterocycles. The zero-order valence-electron chi connectivity index (χ0n) is 24.6. The molecule has 5 aromatic rings. The molecular weight excluding hydrogens is 510 g/mol. The number of hydrogen-bond acceptors (Lipinski definition) is 2. The van der Waals surface area contributed by atoms with Gasteiger partial charge < -0.3 is 9.64 Å². The van der Waals surface area contributed by atoms with Crippen LogP contribution in [0.3, 0.4) is 0 Å². The third-order valence-corrected chi connectivity index (χ3v) is 9.93. The predicted octanol–water partition coefficient (Wildman–Crippen LogP) is 9.68. The summed E-state index contributed by atoms with van der Waals surface area (Å²) in [6.07, 6.45) is 11.9. The first-order valence-electron chi connectivity index (χ1n) is 15.5. The minimum Gasteiger partial charge on any atom is -0.472 e. The van der Waals surface area contributed by atoms with E-state index in [1.807, 2.05) is 0 Å². The molecule has 3 aliphatic rings. The van der Waals surface area contributed by atoms with Gasteiger partial charge in [-0.2, -0.15) is 0 Å². The standard InChI is InChI=1S/C40H37NO/c1-41(2)32-21-19-31(20-22-32)40(30-14-4-3-5-15-30)25-24-36-34-17-9-13-28-10-6-7-16-33(28)38(34)35-23-18-29(27-11-8-12-27)26-37(35)39(36)42-40/h3-7,10,14-16,18-27H,8-9,11-13,17H2,1-2H3. The molecule has 5 aromatic carbocycles. The molecule has 0 saturated heterocycles. The fraction of sp³-hybridized carbons (Fsp3) is 0.250. The van der Waals surface area contributed by atoms with Crippen molar-refractivity contribution in [3.8, 4) is 16.9 Å². The first-order chi connectivity index (χ1) is 20.6. The van der Waals surface area contributed by atoms with Crippen molar-refractivity contribution in [1.82, 2.24) is 0 Å². The van der Waals surface area contributed by atoms with Crippen molar-refractivity contribution < 1.29 is 4.74 Å². The number of aryl methyl sites for hydroxylation is 1. The highest BCUT2D eigenvalue weighted by molar-refractivity contribution is 6.06. The lowest BCUT2D eigenvalue weighted by molar-refractivity contribution is 0.163. The summed E-state index contributed by atoms with van der Waals surface area (Å²) < 4.78 is 7.49. The first-order valence-corrected chi connectivity index (χ1v) is 15.5. The summed E-state index contributed by atoms with van der Waals surface area (Å²) in [7, 11) is 4.18. The van der Waals surface area contributed by atoms with Crippen molar-refractivity contribution in [2.75, 3.05) is 19.0 Å². The van der Waals surface area contributed by atoms with E-state index in [-0.39, 0.29) is 0 Å². The van der Waals surface area contributed by atoms with Gasteiger partial charge in [-0.15, -0.1) is 0 Å². The monoisotopic (exact) mass is 547 g/mol. The summed E-state index contributed by atoms with van der Waals surface area (Å²) in [5.41, 5.74) is 11.2. The number of fused-ring (bicyclic) bond motifs is 8. The molecule has 0 aromatic heterocycles. The molecule has 0 bridgehead atoms. The number of benzene rings is 5. The van der Waals surface area contributed by atoms with E-state index in [9.17, 15) is 0 Å². The first kappa shape index (κ1) is 25.4. The maximum Gasteiger partial charge on any atom is 0.178 e. The van der Waals surface area contributed by atoms with Crippen LogP contribution in [-0.4, -0.2) is 14.1 Å². The Labute approximate surface area is 249 Å². The van der Waals surface area contributed by atoms with Crippen LogP contribution in [0.2, 0.25) is 0 Å². The van der Waals surface area contributed by atoms with Crippen LogP contribution in [0.1, 0.15) is 65.0 Å². The Morgan fingerprint density at radius 3 is 2.26 bits per heavy atom. The third kappa shape index (κ3) is 3.92. The molecule has 8 rings (SSSR count). The van der Waals surface area contributed by atoms with Gasteiger partial charge in [-0.1, -0.05) is 91.4 Å². The number of anilines is 1. The van der Waals surface area contributed by atoms with Crippen molar-refractivity contribution in [2.24, 2.45) is 0 Å². The van der Waals surface area contributed by atoms with Gasteiger partial charge >= 0.3 is 0 Å². The van der Waals surface area contributed by atoms with Crippen LogP contribution in [-0.2, 0) is 18.4 Å². The molecule has 42 heavy (non-hydrogen) atoms. The van der Waals surface area contributed by atoms with Crippen LogP contribution in [0.5, 0.6) is 5.75 Å². The van der Waals surface area contributed by atoms with E-state index in [1.165, 1.54) is 69.1 Å². The fourth-order valence-corrected chi connectivity index (χ4v) is 7.40. The van der Waals surface area contributed by atoms with Crippen LogP contribution >= 0.6 is 0 Å².